The number of nitrogen functional groups attached to an aromatic ring is 1. The molecule has 2 aromatic carbocycles. The lowest BCUT2D eigenvalue weighted by Gasteiger charge is -2.05. The van der Waals surface area contributed by atoms with Crippen LogP contribution in [0.5, 0.6) is 0 Å². The summed E-state index contributed by atoms with van der Waals surface area (Å²) < 4.78 is 0. The van der Waals surface area contributed by atoms with Crippen LogP contribution in [0.3, 0.4) is 0 Å². The van der Waals surface area contributed by atoms with E-state index in [1.807, 2.05) is 63.2 Å². The highest BCUT2D eigenvalue weighted by molar-refractivity contribution is 7.18. The molecule has 0 saturated carbocycles. The fraction of sp³-hybridized carbons (Fsp3) is 0.158. The second-order valence-electron chi connectivity index (χ2n) is 5.88. The van der Waals surface area contributed by atoms with Gasteiger partial charge in [-0.05, 0) is 50.1 Å². The topological polar surface area (TPSA) is 68.0 Å². The molecule has 0 spiro atoms. The molecule has 1 aromatic heterocycles. The molecule has 0 radical (unpaired) electrons. The first-order chi connectivity index (χ1) is 11.4. The van der Waals surface area contributed by atoms with E-state index in [0.29, 0.717) is 15.6 Å². The quantitative estimate of drug-likeness (QED) is 0.681. The van der Waals surface area contributed by atoms with Crippen LogP contribution in [0.4, 0.5) is 16.6 Å². The average Bonchev–Trinajstić information content (AvgIpc) is 2.89. The van der Waals surface area contributed by atoms with Crippen molar-refractivity contribution in [3.8, 4) is 0 Å². The second-order valence-corrected chi connectivity index (χ2v) is 6.87. The van der Waals surface area contributed by atoms with Gasteiger partial charge in [0.2, 0.25) is 5.78 Å². The number of rotatable bonds is 4. The van der Waals surface area contributed by atoms with Gasteiger partial charge >= 0.3 is 0 Å². The number of benzene rings is 2. The van der Waals surface area contributed by atoms with Crippen LogP contribution in [0, 0.1) is 20.8 Å². The van der Waals surface area contributed by atoms with Gasteiger partial charge in [0.1, 0.15) is 10.7 Å². The maximum atomic E-state index is 12.8. The van der Waals surface area contributed by atoms with Gasteiger partial charge in [-0.2, -0.15) is 0 Å². The Hall–Kier alpha value is -2.66. The summed E-state index contributed by atoms with van der Waals surface area (Å²) in [5, 5.41) is 3.83. The molecule has 0 aliphatic heterocycles. The molecule has 5 heteroatoms. The molecule has 1 heterocycles. The number of aromatic nitrogens is 1. The average molecular weight is 337 g/mol. The Labute approximate surface area is 145 Å². The number of hydrogen-bond donors (Lipinski definition) is 2. The van der Waals surface area contributed by atoms with Crippen molar-refractivity contribution in [2.45, 2.75) is 20.8 Å². The highest BCUT2D eigenvalue weighted by atomic mass is 32.1. The van der Waals surface area contributed by atoms with Crippen LogP contribution in [0.2, 0.25) is 0 Å². The van der Waals surface area contributed by atoms with Crippen LogP contribution in [0.25, 0.3) is 0 Å². The van der Waals surface area contributed by atoms with Crippen molar-refractivity contribution in [1.29, 1.82) is 0 Å². The first kappa shape index (κ1) is 16.2. The zero-order chi connectivity index (χ0) is 17.3. The van der Waals surface area contributed by atoms with E-state index in [1.54, 1.807) is 0 Å². The molecule has 24 heavy (non-hydrogen) atoms. The second kappa shape index (κ2) is 6.45. The molecule has 0 bridgehead atoms. The highest BCUT2D eigenvalue weighted by Crippen LogP contribution is 2.30. The number of carbonyl (C=O) groups is 1. The summed E-state index contributed by atoms with van der Waals surface area (Å²) in [5.74, 6) is 0.185. The molecule has 4 nitrogen and oxygen atoms in total. The lowest BCUT2D eigenvalue weighted by atomic mass is 10.0. The fourth-order valence-electron chi connectivity index (χ4n) is 2.50. The van der Waals surface area contributed by atoms with Gasteiger partial charge in [-0.15, -0.1) is 0 Å². The van der Waals surface area contributed by atoms with E-state index in [-0.39, 0.29) is 11.6 Å². The minimum Gasteiger partial charge on any atom is -0.382 e. The number of nitrogens with two attached hydrogens (primary N) is 1. The summed E-state index contributed by atoms with van der Waals surface area (Å²) in [5.41, 5.74) is 10.7. The van der Waals surface area contributed by atoms with Gasteiger partial charge in [0.05, 0.1) is 0 Å². The van der Waals surface area contributed by atoms with Gasteiger partial charge in [-0.3, -0.25) is 4.79 Å². The summed E-state index contributed by atoms with van der Waals surface area (Å²) in [6.45, 7) is 5.92. The zero-order valence-corrected chi connectivity index (χ0v) is 14.7. The molecule has 0 aliphatic carbocycles. The minimum absolute atomic E-state index is 0.0801. The molecule has 0 unspecified atom stereocenters. The number of aryl methyl sites for hydroxylation is 3. The van der Waals surface area contributed by atoms with Crippen molar-refractivity contribution in [3.05, 3.63) is 69.6 Å². The number of thiazole rings is 1. The van der Waals surface area contributed by atoms with E-state index in [2.05, 4.69) is 10.3 Å². The van der Waals surface area contributed by atoms with Crippen LogP contribution < -0.4 is 11.1 Å². The molecule has 0 amide bonds. The normalized spacial score (nSPS) is 10.6. The van der Waals surface area contributed by atoms with Crippen LogP contribution >= 0.6 is 11.3 Å². The number of nitrogens with zero attached hydrogens (tertiary/aromatic N) is 1. The lowest BCUT2D eigenvalue weighted by molar-refractivity contribution is 0.104. The van der Waals surface area contributed by atoms with Gasteiger partial charge in [0, 0.05) is 11.3 Å². The molecule has 122 valence electrons. The van der Waals surface area contributed by atoms with Crippen LogP contribution in [0.15, 0.2) is 42.5 Å². The SMILES string of the molecule is Cc1cccc(Nc2nc(N)c(C(=O)c3cc(C)ccc3C)s2)c1. The van der Waals surface area contributed by atoms with Crippen molar-refractivity contribution >= 4 is 33.8 Å². The largest absolute Gasteiger partial charge is 0.382 e. The standard InChI is InChI=1S/C19H19N3OS/c1-11-5-4-6-14(9-11)21-19-22-18(20)17(24-19)16(23)15-10-12(2)7-8-13(15)3/h4-10H,20H2,1-3H3,(H,21,22). The maximum Gasteiger partial charge on any atom is 0.207 e. The minimum atomic E-state index is -0.0801. The predicted octanol–water partition coefficient (Wildman–Crippen LogP) is 4.63. The van der Waals surface area contributed by atoms with Gasteiger partial charge in [-0.1, -0.05) is 41.2 Å². The van der Waals surface area contributed by atoms with Crippen molar-refractivity contribution in [2.75, 3.05) is 11.1 Å². The van der Waals surface area contributed by atoms with Gasteiger partial charge in [-0.25, -0.2) is 4.98 Å². The number of nitrogens with one attached hydrogen (secondary N) is 1. The summed E-state index contributed by atoms with van der Waals surface area (Å²) in [7, 11) is 0. The molecule has 3 rings (SSSR count). The molecule has 3 aromatic rings. The van der Waals surface area contributed by atoms with E-state index in [4.69, 9.17) is 5.73 Å². The van der Waals surface area contributed by atoms with Crippen molar-refractivity contribution in [2.24, 2.45) is 0 Å². The number of ketones is 1. The first-order valence-electron chi connectivity index (χ1n) is 7.66. The molecule has 0 fully saturated rings. The Kier molecular flexibility index (Phi) is 4.36. The third-order valence-electron chi connectivity index (χ3n) is 3.77. The van der Waals surface area contributed by atoms with Gasteiger partial charge in [0.15, 0.2) is 5.13 Å². The monoisotopic (exact) mass is 337 g/mol. The van der Waals surface area contributed by atoms with Crippen molar-refractivity contribution < 1.29 is 4.79 Å². The Balaban J connectivity index is 1.91. The van der Waals surface area contributed by atoms with Crippen molar-refractivity contribution in [3.63, 3.8) is 0 Å². The van der Waals surface area contributed by atoms with E-state index < -0.39 is 0 Å². The number of carbonyl (C=O) groups excluding carboxylic acids is 1. The Bertz CT molecular complexity index is 915. The van der Waals surface area contributed by atoms with Crippen LogP contribution in [-0.2, 0) is 0 Å². The Morgan fingerprint density at radius 3 is 2.58 bits per heavy atom. The van der Waals surface area contributed by atoms with E-state index >= 15 is 0 Å². The molecule has 0 aliphatic rings. The van der Waals surface area contributed by atoms with E-state index in [0.717, 1.165) is 22.4 Å². The molecule has 3 N–H and O–H groups in total. The molecule has 0 saturated heterocycles. The third-order valence-corrected chi connectivity index (χ3v) is 4.75. The lowest BCUT2D eigenvalue weighted by Crippen LogP contribution is -2.05. The Morgan fingerprint density at radius 2 is 1.83 bits per heavy atom. The Morgan fingerprint density at radius 1 is 1.08 bits per heavy atom. The summed E-state index contributed by atoms with van der Waals surface area (Å²) >= 11 is 1.28. The number of anilines is 3. The fourth-order valence-corrected chi connectivity index (χ4v) is 3.36. The van der Waals surface area contributed by atoms with Gasteiger partial charge < -0.3 is 11.1 Å². The summed E-state index contributed by atoms with van der Waals surface area (Å²) in [6.07, 6.45) is 0. The molecular weight excluding hydrogens is 318 g/mol. The predicted molar refractivity (Wildman–Crippen MR) is 100 cm³/mol. The number of hydrogen-bond acceptors (Lipinski definition) is 5. The van der Waals surface area contributed by atoms with Crippen LogP contribution in [-0.4, -0.2) is 10.8 Å². The van der Waals surface area contributed by atoms with Crippen molar-refractivity contribution in [1.82, 2.24) is 4.98 Å². The smallest absolute Gasteiger partial charge is 0.207 e. The molecular formula is C19H19N3OS. The van der Waals surface area contributed by atoms with E-state index in [1.165, 1.54) is 11.3 Å². The summed E-state index contributed by atoms with van der Waals surface area (Å²) in [4.78, 5) is 17.6. The third kappa shape index (κ3) is 3.31. The maximum absolute atomic E-state index is 12.8. The van der Waals surface area contributed by atoms with Gasteiger partial charge in [0.25, 0.3) is 0 Å². The first-order valence-corrected chi connectivity index (χ1v) is 8.47. The van der Waals surface area contributed by atoms with Crippen LogP contribution in [0.1, 0.15) is 31.9 Å². The highest BCUT2D eigenvalue weighted by Gasteiger charge is 2.19. The summed E-state index contributed by atoms with van der Waals surface area (Å²) in [6, 6.07) is 13.8. The molecule has 0 atom stereocenters. The zero-order valence-electron chi connectivity index (χ0n) is 13.9. The van der Waals surface area contributed by atoms with E-state index in [9.17, 15) is 4.79 Å².